The number of benzene rings is 1. The number of nitrogens with two attached hydrogens (primary N) is 1. The molecule has 0 aliphatic rings. The zero-order valence-electron chi connectivity index (χ0n) is 15.7. The minimum atomic E-state index is 0.0819. The fourth-order valence-electron chi connectivity index (χ4n) is 2.57. The molecule has 28 heavy (non-hydrogen) atoms. The first-order valence-electron chi connectivity index (χ1n) is 8.71. The van der Waals surface area contributed by atoms with Crippen molar-refractivity contribution >= 4 is 35.8 Å². The van der Waals surface area contributed by atoms with Crippen LogP contribution in [-0.2, 0) is 11.2 Å². The average Bonchev–Trinajstić information content (AvgIpc) is 2.69. The van der Waals surface area contributed by atoms with Gasteiger partial charge in [-0.25, -0.2) is 0 Å². The molecule has 0 aliphatic heterocycles. The second kappa shape index (κ2) is 10.4. The average molecular weight is 376 g/mol. The summed E-state index contributed by atoms with van der Waals surface area (Å²) in [6.07, 6.45) is 10.3. The monoisotopic (exact) mass is 376 g/mol. The summed E-state index contributed by atoms with van der Waals surface area (Å²) >= 11 is 0. The number of hydrogen-bond donors (Lipinski definition) is 5. The van der Waals surface area contributed by atoms with Gasteiger partial charge >= 0.3 is 0 Å². The Labute approximate surface area is 164 Å². The summed E-state index contributed by atoms with van der Waals surface area (Å²) in [5, 5.41) is 25.1. The molecule has 7 heteroatoms. The Kier molecular flexibility index (Phi) is 7.65. The topological polar surface area (TPSA) is 132 Å². The van der Waals surface area contributed by atoms with Crippen molar-refractivity contribution in [3.8, 4) is 0 Å². The van der Waals surface area contributed by atoms with Crippen LogP contribution in [0.4, 0.5) is 5.69 Å². The van der Waals surface area contributed by atoms with Gasteiger partial charge < -0.3 is 21.2 Å². The van der Waals surface area contributed by atoms with E-state index in [4.69, 9.17) is 26.7 Å². The van der Waals surface area contributed by atoms with Gasteiger partial charge in [0, 0.05) is 53.8 Å². The second-order valence-electron chi connectivity index (χ2n) is 6.04. The fraction of sp³-hybridized carbons (Fsp3) is 0.143. The number of hydrogen-bond acceptors (Lipinski definition) is 7. The number of nitrogens with one attached hydrogen (secondary N) is 4. The van der Waals surface area contributed by atoms with Gasteiger partial charge in [0.25, 0.3) is 0 Å². The molecule has 0 bridgehead atoms. The highest BCUT2D eigenvalue weighted by Gasteiger charge is 2.06. The van der Waals surface area contributed by atoms with Crippen molar-refractivity contribution in [2.75, 3.05) is 5.32 Å². The summed E-state index contributed by atoms with van der Waals surface area (Å²) < 4.78 is 4.71. The van der Waals surface area contributed by atoms with Crippen molar-refractivity contribution in [1.82, 2.24) is 4.98 Å². The summed E-state index contributed by atoms with van der Waals surface area (Å²) in [5.41, 5.74) is 10.9. The van der Waals surface area contributed by atoms with E-state index in [1.54, 1.807) is 19.3 Å². The molecule has 0 atom stereocenters. The lowest BCUT2D eigenvalue weighted by Crippen LogP contribution is -2.02. The molecule has 0 saturated carbocycles. The van der Waals surface area contributed by atoms with Crippen molar-refractivity contribution in [2.45, 2.75) is 19.8 Å². The summed E-state index contributed by atoms with van der Waals surface area (Å²) in [4.78, 5) is 4.15. The maximum atomic E-state index is 7.58. The Morgan fingerprint density at radius 1 is 1.21 bits per heavy atom. The highest BCUT2D eigenvalue weighted by atomic mass is 16.5. The Balaban J connectivity index is 2.02. The van der Waals surface area contributed by atoms with E-state index in [9.17, 15) is 0 Å². The fourth-order valence-corrected chi connectivity index (χ4v) is 2.57. The van der Waals surface area contributed by atoms with E-state index in [0.717, 1.165) is 28.8 Å². The minimum Gasteiger partial charge on any atom is -0.433 e. The van der Waals surface area contributed by atoms with E-state index in [-0.39, 0.29) is 5.90 Å². The van der Waals surface area contributed by atoms with Crippen LogP contribution in [0.5, 0.6) is 0 Å². The Morgan fingerprint density at radius 3 is 2.61 bits per heavy atom. The van der Waals surface area contributed by atoms with E-state index < -0.39 is 0 Å². The van der Waals surface area contributed by atoms with Crippen LogP contribution in [0.15, 0.2) is 54.6 Å². The zero-order chi connectivity index (χ0) is 20.4. The lowest BCUT2D eigenvalue weighted by Gasteiger charge is -2.08. The van der Waals surface area contributed by atoms with Gasteiger partial charge in [-0.3, -0.25) is 15.8 Å². The van der Waals surface area contributed by atoms with Gasteiger partial charge in [0.2, 0.25) is 0 Å². The number of allylic oxidation sites excluding steroid dienone is 2. The predicted molar refractivity (Wildman–Crippen MR) is 115 cm³/mol. The van der Waals surface area contributed by atoms with E-state index in [0.29, 0.717) is 24.1 Å². The molecule has 1 aromatic carbocycles. The smallest absolute Gasteiger partial charge is 0.189 e. The van der Waals surface area contributed by atoms with Crippen molar-refractivity contribution < 1.29 is 4.74 Å². The molecule has 0 radical (unpaired) electrons. The van der Waals surface area contributed by atoms with Gasteiger partial charge in [0.1, 0.15) is 0 Å². The Bertz CT molecular complexity index is 895. The zero-order valence-corrected chi connectivity index (χ0v) is 15.7. The van der Waals surface area contributed by atoms with Crippen molar-refractivity contribution in [2.24, 2.45) is 5.73 Å². The van der Waals surface area contributed by atoms with Gasteiger partial charge in [-0.05, 0) is 48.7 Å². The maximum Gasteiger partial charge on any atom is 0.189 e. The normalized spacial score (nSPS) is 11.6. The Hall–Kier alpha value is -3.74. The third kappa shape index (κ3) is 5.91. The van der Waals surface area contributed by atoms with Crippen LogP contribution in [0, 0.1) is 16.2 Å². The largest absolute Gasteiger partial charge is 0.433 e. The minimum absolute atomic E-state index is 0.0819. The molecular formula is C21H24N6O. The summed E-state index contributed by atoms with van der Waals surface area (Å²) in [6, 6.07) is 9.72. The van der Waals surface area contributed by atoms with E-state index >= 15 is 0 Å². The van der Waals surface area contributed by atoms with Crippen molar-refractivity contribution in [3.05, 3.63) is 71.3 Å². The van der Waals surface area contributed by atoms with Gasteiger partial charge in [-0.2, -0.15) is 0 Å². The molecule has 2 aromatic rings. The number of pyridine rings is 1. The lowest BCUT2D eigenvalue weighted by atomic mass is 10.0. The standard InChI is InChI=1S/C21H24N6O/c1-15(24)20(12-22)19-9-10-26-13-17(19)8-11-27-18-5-2-16(3-6-18)4-7-21(25)28-14-23/h2-3,5-6,8-14,22-23,25,27H,4,7,24H2,1H3/b11-8+,20-15+,22-12?,23-14?,25-21?. The number of anilines is 1. The highest BCUT2D eigenvalue weighted by Crippen LogP contribution is 2.20. The second-order valence-corrected chi connectivity index (χ2v) is 6.04. The molecule has 2 rings (SSSR count). The number of rotatable bonds is 9. The van der Waals surface area contributed by atoms with Crippen molar-refractivity contribution in [3.63, 3.8) is 0 Å². The highest BCUT2D eigenvalue weighted by molar-refractivity contribution is 6.10. The predicted octanol–water partition coefficient (Wildman–Crippen LogP) is 4.04. The van der Waals surface area contributed by atoms with Crippen LogP contribution in [0.25, 0.3) is 11.6 Å². The third-order valence-corrected chi connectivity index (χ3v) is 4.02. The molecule has 0 aliphatic carbocycles. The number of aromatic nitrogens is 1. The molecule has 7 nitrogen and oxygen atoms in total. The van der Waals surface area contributed by atoms with Gasteiger partial charge in [-0.15, -0.1) is 0 Å². The molecule has 0 fully saturated rings. The van der Waals surface area contributed by atoms with Crippen LogP contribution in [-0.4, -0.2) is 23.5 Å². The van der Waals surface area contributed by atoms with Crippen LogP contribution < -0.4 is 11.1 Å². The number of ether oxygens (including phenoxy) is 1. The lowest BCUT2D eigenvalue weighted by molar-refractivity contribution is 0.537. The summed E-state index contributed by atoms with van der Waals surface area (Å²) in [5.74, 6) is 0.0819. The van der Waals surface area contributed by atoms with Crippen LogP contribution >= 0.6 is 0 Å². The molecule has 0 amide bonds. The van der Waals surface area contributed by atoms with Crippen LogP contribution in [0.2, 0.25) is 0 Å². The molecule has 0 saturated heterocycles. The molecule has 0 spiro atoms. The SMILES string of the molecule is C/C(N)=C(/C=N)c1ccncc1/C=C/Nc1ccc(CCC(=N)OC=N)cc1. The molecule has 0 unspecified atom stereocenters. The van der Waals surface area contributed by atoms with Crippen LogP contribution in [0.1, 0.15) is 30.0 Å². The van der Waals surface area contributed by atoms with Crippen molar-refractivity contribution in [1.29, 1.82) is 16.2 Å². The molecule has 6 N–H and O–H groups in total. The number of nitrogens with zero attached hydrogens (tertiary/aromatic N) is 1. The van der Waals surface area contributed by atoms with Crippen LogP contribution in [0.3, 0.4) is 0 Å². The maximum absolute atomic E-state index is 7.58. The molecule has 144 valence electrons. The molecule has 1 aromatic heterocycles. The van der Waals surface area contributed by atoms with E-state index in [1.165, 1.54) is 6.21 Å². The number of aryl methyl sites for hydroxylation is 1. The van der Waals surface area contributed by atoms with Gasteiger partial charge in [0.05, 0.1) is 0 Å². The summed E-state index contributed by atoms with van der Waals surface area (Å²) in [6.45, 7) is 1.77. The Morgan fingerprint density at radius 2 is 1.96 bits per heavy atom. The quantitative estimate of drug-likeness (QED) is 0.334. The molecule has 1 heterocycles. The summed E-state index contributed by atoms with van der Waals surface area (Å²) in [7, 11) is 0. The first kappa shape index (κ1) is 20.6. The first-order chi connectivity index (χ1) is 13.5. The van der Waals surface area contributed by atoms with Gasteiger partial charge in [-0.1, -0.05) is 12.1 Å². The first-order valence-corrected chi connectivity index (χ1v) is 8.71. The third-order valence-electron chi connectivity index (χ3n) is 4.02. The van der Waals surface area contributed by atoms with E-state index in [2.05, 4.69) is 10.3 Å². The van der Waals surface area contributed by atoms with Gasteiger partial charge in [0.15, 0.2) is 12.3 Å². The molecular weight excluding hydrogens is 352 g/mol. The van der Waals surface area contributed by atoms with E-state index in [1.807, 2.05) is 42.6 Å².